The number of ether oxygens (including phenoxy) is 3. The number of amides is 1. The summed E-state index contributed by atoms with van der Waals surface area (Å²) in [6.45, 7) is 6.65. The molecule has 1 saturated heterocycles. The molecule has 0 N–H and O–H groups in total. The maximum Gasteiger partial charge on any atom is 0.573 e. The molecule has 43 heavy (non-hydrogen) atoms. The average Bonchev–Trinajstić information content (AvgIpc) is 3.45. The second-order valence-electron chi connectivity index (χ2n) is 11.3. The molecule has 10 nitrogen and oxygen atoms in total. The van der Waals surface area contributed by atoms with Gasteiger partial charge in [0, 0.05) is 44.6 Å². The van der Waals surface area contributed by atoms with Crippen molar-refractivity contribution in [3.8, 4) is 22.9 Å². The zero-order valence-electron chi connectivity index (χ0n) is 24.3. The lowest BCUT2D eigenvalue weighted by atomic mass is 10.0. The highest BCUT2D eigenvalue weighted by molar-refractivity contribution is 5.73. The van der Waals surface area contributed by atoms with Gasteiger partial charge in [-0.3, -0.25) is 4.40 Å². The van der Waals surface area contributed by atoms with Gasteiger partial charge in [0.05, 0.1) is 5.56 Å². The number of alkyl halides is 3. The minimum absolute atomic E-state index is 0.0644. The predicted molar refractivity (Wildman–Crippen MR) is 153 cm³/mol. The van der Waals surface area contributed by atoms with Gasteiger partial charge in [-0.2, -0.15) is 0 Å². The van der Waals surface area contributed by atoms with Crippen molar-refractivity contribution in [3.05, 3.63) is 66.5 Å². The zero-order valence-corrected chi connectivity index (χ0v) is 24.3. The van der Waals surface area contributed by atoms with Crippen molar-refractivity contribution < 1.29 is 32.2 Å². The number of hydrogen-bond donors (Lipinski definition) is 0. The van der Waals surface area contributed by atoms with Crippen LogP contribution in [0, 0.1) is 0 Å². The van der Waals surface area contributed by atoms with Gasteiger partial charge in [-0.1, -0.05) is 30.3 Å². The number of piperidine rings is 1. The van der Waals surface area contributed by atoms with E-state index in [1.54, 1.807) is 21.7 Å². The molecule has 1 amide bonds. The van der Waals surface area contributed by atoms with E-state index in [1.165, 1.54) is 18.2 Å². The van der Waals surface area contributed by atoms with Gasteiger partial charge in [0.1, 0.15) is 23.7 Å². The number of likely N-dealkylation sites (tertiary alicyclic amines) is 1. The molecule has 0 radical (unpaired) electrons. The molecule has 2 aromatic carbocycles. The van der Waals surface area contributed by atoms with Gasteiger partial charge in [0.15, 0.2) is 17.3 Å². The van der Waals surface area contributed by atoms with Crippen LogP contribution < -0.4 is 14.4 Å². The van der Waals surface area contributed by atoms with Crippen LogP contribution in [0.15, 0.2) is 60.9 Å². The number of benzene rings is 2. The Bertz CT molecular complexity index is 1570. The van der Waals surface area contributed by atoms with Crippen molar-refractivity contribution >= 4 is 17.6 Å². The van der Waals surface area contributed by atoms with Gasteiger partial charge in [-0.25, -0.2) is 9.78 Å². The van der Waals surface area contributed by atoms with Crippen LogP contribution in [0.4, 0.5) is 23.8 Å². The summed E-state index contributed by atoms with van der Waals surface area (Å²) in [5, 5.41) is 8.96. The Morgan fingerprint density at radius 2 is 1.86 bits per heavy atom. The van der Waals surface area contributed by atoms with Crippen molar-refractivity contribution in [1.29, 1.82) is 0 Å². The fraction of sp³-hybridized carbons (Fsp3) is 0.400. The first-order valence-corrected chi connectivity index (χ1v) is 13.9. The van der Waals surface area contributed by atoms with E-state index in [2.05, 4.69) is 19.9 Å². The summed E-state index contributed by atoms with van der Waals surface area (Å²) in [4.78, 5) is 20.9. The van der Waals surface area contributed by atoms with E-state index in [4.69, 9.17) is 9.47 Å². The van der Waals surface area contributed by atoms with Crippen LogP contribution in [-0.4, -0.2) is 68.7 Å². The van der Waals surface area contributed by atoms with Gasteiger partial charge in [0.2, 0.25) is 0 Å². The quantitative estimate of drug-likeness (QED) is 0.252. The molecule has 0 saturated carbocycles. The lowest BCUT2D eigenvalue weighted by Crippen LogP contribution is -2.50. The van der Waals surface area contributed by atoms with Crippen molar-refractivity contribution in [2.24, 2.45) is 0 Å². The number of fused-ring (bicyclic) bond motifs is 1. The third-order valence-electron chi connectivity index (χ3n) is 6.90. The Morgan fingerprint density at radius 3 is 2.58 bits per heavy atom. The number of likely N-dealkylation sites (N-methyl/N-ethyl adjacent to an activating group) is 1. The monoisotopic (exact) mass is 598 g/mol. The van der Waals surface area contributed by atoms with Crippen LogP contribution in [0.3, 0.4) is 0 Å². The Morgan fingerprint density at radius 1 is 1.09 bits per heavy atom. The minimum atomic E-state index is -4.86. The van der Waals surface area contributed by atoms with Crippen molar-refractivity contribution in [2.45, 2.75) is 58.2 Å². The average molecular weight is 599 g/mol. The molecule has 0 aliphatic carbocycles. The summed E-state index contributed by atoms with van der Waals surface area (Å²) in [7, 11) is 1.87. The van der Waals surface area contributed by atoms with Crippen LogP contribution in [0.1, 0.15) is 39.2 Å². The highest BCUT2D eigenvalue weighted by atomic mass is 19.4. The third kappa shape index (κ3) is 7.27. The summed E-state index contributed by atoms with van der Waals surface area (Å²) < 4.78 is 56.4. The number of nitrogens with zero attached hydrogens (tertiary/aromatic N) is 6. The second kappa shape index (κ2) is 12.0. The van der Waals surface area contributed by atoms with E-state index < -0.39 is 17.7 Å². The summed E-state index contributed by atoms with van der Waals surface area (Å²) in [6, 6.07) is 13.0. The maximum absolute atomic E-state index is 13.0. The Hall–Kier alpha value is -4.55. The fourth-order valence-corrected chi connectivity index (χ4v) is 4.91. The number of carbonyl (C=O) groups is 1. The minimum Gasteiger partial charge on any atom is -0.488 e. The number of anilines is 1. The van der Waals surface area contributed by atoms with Crippen LogP contribution in [-0.2, 0) is 11.3 Å². The molecule has 4 aromatic rings. The Kier molecular flexibility index (Phi) is 8.34. The molecule has 5 rings (SSSR count). The number of imidazole rings is 1. The molecular formula is C30H33F3N6O4. The van der Waals surface area contributed by atoms with E-state index in [0.29, 0.717) is 35.9 Å². The number of aromatic nitrogens is 4. The molecular weight excluding hydrogens is 565 g/mol. The highest BCUT2D eigenvalue weighted by Crippen LogP contribution is 2.36. The first-order chi connectivity index (χ1) is 20.4. The van der Waals surface area contributed by atoms with Gasteiger partial charge in [-0.15, -0.1) is 23.4 Å². The second-order valence-corrected chi connectivity index (χ2v) is 11.3. The lowest BCUT2D eigenvalue weighted by Gasteiger charge is -2.38. The molecule has 2 aromatic heterocycles. The van der Waals surface area contributed by atoms with E-state index in [9.17, 15) is 18.0 Å². The van der Waals surface area contributed by atoms with Crippen LogP contribution in [0.2, 0.25) is 0 Å². The topological polar surface area (TPSA) is 94.3 Å². The number of hydrogen-bond acceptors (Lipinski definition) is 8. The summed E-state index contributed by atoms with van der Waals surface area (Å²) in [6.07, 6.45) is -0.313. The summed E-state index contributed by atoms with van der Waals surface area (Å²) in [5.41, 5.74) is 1.13. The molecule has 0 bridgehead atoms. The molecule has 1 fully saturated rings. The van der Waals surface area contributed by atoms with Gasteiger partial charge >= 0.3 is 12.5 Å². The van der Waals surface area contributed by atoms with Gasteiger partial charge in [-0.05, 0) is 51.3 Å². The largest absolute Gasteiger partial charge is 0.573 e. The summed E-state index contributed by atoms with van der Waals surface area (Å²) >= 11 is 0. The number of carbonyl (C=O) groups excluding carboxylic acids is 1. The Balaban J connectivity index is 1.45. The molecule has 1 aliphatic heterocycles. The SMILES string of the molecule is CN(c1nnc(-c2ccc(OC(F)(F)F)cc2OCc2ccccc2)n2ccnc12)C1CCCN(C(=O)OC(C)(C)C)C1. The zero-order chi connectivity index (χ0) is 30.8. The number of rotatable bonds is 7. The molecule has 228 valence electrons. The highest BCUT2D eigenvalue weighted by Gasteiger charge is 2.33. The van der Waals surface area contributed by atoms with Crippen LogP contribution in [0.5, 0.6) is 11.5 Å². The van der Waals surface area contributed by atoms with Crippen LogP contribution in [0.25, 0.3) is 17.0 Å². The standard InChI is InChI=1S/C30H33F3N6O4/c1-29(2,3)43-28(40)38-15-8-11-21(18-38)37(4)27-26-34-14-16-39(26)25(35-36-27)23-13-12-22(42-30(31,32)33)17-24(23)41-19-20-9-6-5-7-10-20/h5-7,9-10,12-14,16-17,21H,8,11,15,18-19H2,1-4H3. The molecule has 1 atom stereocenters. The van der Waals surface area contributed by atoms with E-state index in [-0.39, 0.29) is 24.5 Å². The predicted octanol–water partition coefficient (Wildman–Crippen LogP) is 6.10. The Labute approximate surface area is 247 Å². The van der Waals surface area contributed by atoms with Crippen molar-refractivity contribution in [1.82, 2.24) is 24.5 Å². The first-order valence-electron chi connectivity index (χ1n) is 13.9. The van der Waals surface area contributed by atoms with E-state index in [0.717, 1.165) is 18.4 Å². The third-order valence-corrected chi connectivity index (χ3v) is 6.90. The summed E-state index contributed by atoms with van der Waals surface area (Å²) in [5.74, 6) is 0.535. The maximum atomic E-state index is 13.0. The van der Waals surface area contributed by atoms with E-state index in [1.807, 2.05) is 63.1 Å². The molecule has 3 heterocycles. The van der Waals surface area contributed by atoms with Gasteiger partial charge < -0.3 is 24.0 Å². The van der Waals surface area contributed by atoms with Crippen molar-refractivity contribution in [2.75, 3.05) is 25.0 Å². The normalized spacial score (nSPS) is 15.8. The van der Waals surface area contributed by atoms with Crippen LogP contribution >= 0.6 is 0 Å². The molecule has 0 spiro atoms. The molecule has 13 heteroatoms. The van der Waals surface area contributed by atoms with Crippen molar-refractivity contribution in [3.63, 3.8) is 0 Å². The van der Waals surface area contributed by atoms with E-state index >= 15 is 0 Å². The first kappa shape index (κ1) is 29.9. The molecule has 1 unspecified atom stereocenters. The number of halogens is 3. The fourth-order valence-electron chi connectivity index (χ4n) is 4.91. The van der Waals surface area contributed by atoms with Gasteiger partial charge in [0.25, 0.3) is 0 Å². The molecule has 1 aliphatic rings. The smallest absolute Gasteiger partial charge is 0.488 e. The lowest BCUT2D eigenvalue weighted by molar-refractivity contribution is -0.274.